The quantitative estimate of drug-likeness (QED) is 0.681. The number of halogens is 1. The largest absolute Gasteiger partial charge is 0.337 e. The van der Waals surface area contributed by atoms with Crippen molar-refractivity contribution in [2.75, 3.05) is 6.54 Å². The highest BCUT2D eigenvalue weighted by Gasteiger charge is 2.15. The molecule has 0 N–H and O–H groups in total. The zero-order valence-electron chi connectivity index (χ0n) is 13.8. The van der Waals surface area contributed by atoms with Crippen LogP contribution in [0.4, 0.5) is 0 Å². The molecular weight excluding hydrogens is 338 g/mol. The first kappa shape index (κ1) is 17.1. The van der Waals surface area contributed by atoms with Gasteiger partial charge in [-0.25, -0.2) is 0 Å². The van der Waals surface area contributed by atoms with E-state index in [1.807, 2.05) is 49.4 Å². The van der Waals surface area contributed by atoms with E-state index in [9.17, 15) is 4.79 Å². The van der Waals surface area contributed by atoms with E-state index < -0.39 is 0 Å². The molecule has 0 saturated heterocycles. The van der Waals surface area contributed by atoms with Crippen LogP contribution in [0.3, 0.4) is 0 Å². The predicted octanol–water partition coefficient (Wildman–Crippen LogP) is 3.04. The summed E-state index contributed by atoms with van der Waals surface area (Å²) in [5.41, 5.74) is 1.85. The van der Waals surface area contributed by atoms with Crippen molar-refractivity contribution in [3.05, 3.63) is 65.2 Å². The third kappa shape index (κ3) is 4.42. The number of nitrogens with zero attached hydrogens (tertiary/aromatic N) is 5. The lowest BCUT2D eigenvalue weighted by Gasteiger charge is -2.20. The molecule has 0 radical (unpaired) electrons. The number of likely N-dealkylation sites (N-methyl/N-ethyl adjacent to an activating group) is 1. The molecule has 0 aliphatic carbocycles. The van der Waals surface area contributed by atoms with Gasteiger partial charge >= 0.3 is 0 Å². The molecule has 7 heteroatoms. The molecule has 0 bridgehead atoms. The van der Waals surface area contributed by atoms with E-state index in [0.29, 0.717) is 23.9 Å². The maximum Gasteiger partial charge on any atom is 0.246 e. The summed E-state index contributed by atoms with van der Waals surface area (Å²) in [6, 6.07) is 17.1. The number of amides is 1. The van der Waals surface area contributed by atoms with Gasteiger partial charge in [-0.15, -0.1) is 10.2 Å². The molecule has 1 amide bonds. The average molecular weight is 356 g/mol. The van der Waals surface area contributed by atoms with Crippen LogP contribution in [0.5, 0.6) is 0 Å². The van der Waals surface area contributed by atoms with Gasteiger partial charge in [-0.05, 0) is 29.8 Å². The van der Waals surface area contributed by atoms with Crippen molar-refractivity contribution in [2.24, 2.45) is 0 Å². The summed E-state index contributed by atoms with van der Waals surface area (Å²) in [5, 5.41) is 12.8. The second-order valence-corrected chi connectivity index (χ2v) is 5.98. The van der Waals surface area contributed by atoms with Gasteiger partial charge in [0, 0.05) is 23.7 Å². The van der Waals surface area contributed by atoms with Crippen molar-refractivity contribution < 1.29 is 4.79 Å². The average Bonchev–Trinajstić information content (AvgIpc) is 3.09. The summed E-state index contributed by atoms with van der Waals surface area (Å²) in [7, 11) is 0. The van der Waals surface area contributed by atoms with E-state index in [4.69, 9.17) is 11.6 Å². The minimum absolute atomic E-state index is 0.0498. The van der Waals surface area contributed by atoms with Crippen molar-refractivity contribution in [1.82, 2.24) is 25.1 Å². The first-order valence-corrected chi connectivity index (χ1v) is 8.39. The molecule has 1 aromatic heterocycles. The standard InChI is InChI=1S/C18H18ClN5O/c1-2-23(12-14-7-4-3-5-8-14)17(25)13-24-21-18(20-22-24)15-9-6-10-16(19)11-15/h3-11H,2,12-13H2,1H3. The Kier molecular flexibility index (Phi) is 5.40. The summed E-state index contributed by atoms with van der Waals surface area (Å²) in [6.07, 6.45) is 0. The van der Waals surface area contributed by atoms with Gasteiger partial charge < -0.3 is 4.90 Å². The highest BCUT2D eigenvalue weighted by molar-refractivity contribution is 6.30. The van der Waals surface area contributed by atoms with Crippen molar-refractivity contribution in [2.45, 2.75) is 20.0 Å². The zero-order chi connectivity index (χ0) is 17.6. The van der Waals surface area contributed by atoms with Gasteiger partial charge in [0.15, 0.2) is 0 Å². The number of carbonyl (C=O) groups excluding carboxylic acids is 1. The number of carbonyl (C=O) groups is 1. The van der Waals surface area contributed by atoms with Crippen LogP contribution in [0.1, 0.15) is 12.5 Å². The molecule has 0 aliphatic rings. The molecule has 0 atom stereocenters. The van der Waals surface area contributed by atoms with E-state index in [0.717, 1.165) is 11.1 Å². The molecule has 0 unspecified atom stereocenters. The highest BCUT2D eigenvalue weighted by Crippen LogP contribution is 2.18. The van der Waals surface area contributed by atoms with Crippen LogP contribution >= 0.6 is 11.6 Å². The van der Waals surface area contributed by atoms with Gasteiger partial charge in [-0.3, -0.25) is 4.79 Å². The summed E-state index contributed by atoms with van der Waals surface area (Å²) < 4.78 is 0. The molecule has 3 aromatic rings. The smallest absolute Gasteiger partial charge is 0.246 e. The van der Waals surface area contributed by atoms with Crippen LogP contribution in [0.15, 0.2) is 54.6 Å². The summed E-state index contributed by atoms with van der Waals surface area (Å²) in [6.45, 7) is 3.18. The fourth-order valence-electron chi connectivity index (χ4n) is 2.45. The first-order chi connectivity index (χ1) is 12.2. The Morgan fingerprint density at radius 3 is 2.68 bits per heavy atom. The van der Waals surface area contributed by atoms with Crippen molar-refractivity contribution in [3.63, 3.8) is 0 Å². The van der Waals surface area contributed by atoms with Crippen LogP contribution < -0.4 is 0 Å². The maximum atomic E-state index is 12.5. The lowest BCUT2D eigenvalue weighted by atomic mass is 10.2. The molecule has 0 aliphatic heterocycles. The SMILES string of the molecule is CCN(Cc1ccccc1)C(=O)Cn1nnc(-c2cccc(Cl)c2)n1. The summed E-state index contributed by atoms with van der Waals surface area (Å²) in [4.78, 5) is 15.6. The monoisotopic (exact) mass is 355 g/mol. The molecule has 0 fully saturated rings. The van der Waals surface area contributed by atoms with E-state index >= 15 is 0 Å². The number of hydrogen-bond donors (Lipinski definition) is 0. The Balaban J connectivity index is 1.68. The van der Waals surface area contributed by atoms with Crippen LogP contribution in [-0.2, 0) is 17.9 Å². The predicted molar refractivity (Wildman–Crippen MR) is 95.8 cm³/mol. The summed E-state index contributed by atoms with van der Waals surface area (Å²) in [5.74, 6) is 0.391. The first-order valence-electron chi connectivity index (χ1n) is 8.01. The number of aromatic nitrogens is 4. The summed E-state index contributed by atoms with van der Waals surface area (Å²) >= 11 is 5.98. The molecule has 0 spiro atoms. The minimum atomic E-state index is -0.0543. The Morgan fingerprint density at radius 2 is 1.96 bits per heavy atom. The Labute approximate surface area is 151 Å². The van der Waals surface area contributed by atoms with Gasteiger partial charge in [-0.2, -0.15) is 4.80 Å². The second-order valence-electron chi connectivity index (χ2n) is 5.55. The lowest BCUT2D eigenvalue weighted by Crippen LogP contribution is -2.33. The topological polar surface area (TPSA) is 63.9 Å². The lowest BCUT2D eigenvalue weighted by molar-refractivity contribution is -0.132. The molecule has 2 aromatic carbocycles. The molecule has 3 rings (SSSR count). The van der Waals surface area contributed by atoms with Crippen molar-refractivity contribution in [3.8, 4) is 11.4 Å². The zero-order valence-corrected chi connectivity index (χ0v) is 14.6. The van der Waals surface area contributed by atoms with Gasteiger partial charge in [0.1, 0.15) is 6.54 Å². The van der Waals surface area contributed by atoms with Crippen molar-refractivity contribution >= 4 is 17.5 Å². The van der Waals surface area contributed by atoms with Gasteiger partial charge in [0.05, 0.1) is 0 Å². The Hall–Kier alpha value is -2.73. The molecule has 128 valence electrons. The van der Waals surface area contributed by atoms with Gasteiger partial charge in [0.25, 0.3) is 0 Å². The minimum Gasteiger partial charge on any atom is -0.337 e. The van der Waals surface area contributed by atoms with E-state index in [2.05, 4.69) is 15.4 Å². The Bertz CT molecular complexity index is 849. The fraction of sp³-hybridized carbons (Fsp3) is 0.222. The van der Waals surface area contributed by atoms with Crippen LogP contribution in [0.2, 0.25) is 5.02 Å². The van der Waals surface area contributed by atoms with Crippen LogP contribution in [0, 0.1) is 0 Å². The highest BCUT2D eigenvalue weighted by atomic mass is 35.5. The van der Waals surface area contributed by atoms with E-state index in [1.165, 1.54) is 4.80 Å². The molecule has 25 heavy (non-hydrogen) atoms. The number of hydrogen-bond acceptors (Lipinski definition) is 4. The number of tetrazole rings is 1. The normalized spacial score (nSPS) is 10.6. The fourth-order valence-corrected chi connectivity index (χ4v) is 2.64. The second kappa shape index (κ2) is 7.90. The Morgan fingerprint density at radius 1 is 1.16 bits per heavy atom. The van der Waals surface area contributed by atoms with Gasteiger partial charge in [0.2, 0.25) is 11.7 Å². The third-order valence-electron chi connectivity index (χ3n) is 3.76. The third-order valence-corrected chi connectivity index (χ3v) is 4.00. The molecule has 0 saturated carbocycles. The molecule has 6 nitrogen and oxygen atoms in total. The van der Waals surface area contributed by atoms with E-state index in [1.54, 1.807) is 17.0 Å². The number of rotatable bonds is 6. The van der Waals surface area contributed by atoms with Crippen molar-refractivity contribution in [1.29, 1.82) is 0 Å². The maximum absolute atomic E-state index is 12.5. The number of benzene rings is 2. The van der Waals surface area contributed by atoms with Crippen LogP contribution in [-0.4, -0.2) is 37.6 Å². The van der Waals surface area contributed by atoms with Gasteiger partial charge in [-0.1, -0.05) is 54.1 Å². The van der Waals surface area contributed by atoms with Crippen LogP contribution in [0.25, 0.3) is 11.4 Å². The molecule has 1 heterocycles. The molecular formula is C18H18ClN5O. The van der Waals surface area contributed by atoms with E-state index in [-0.39, 0.29) is 12.5 Å².